The van der Waals surface area contributed by atoms with Crippen molar-refractivity contribution in [2.24, 2.45) is 0 Å². The lowest BCUT2D eigenvalue weighted by atomic mass is 10.1. The van der Waals surface area contributed by atoms with E-state index in [-0.39, 0.29) is 17.9 Å². The molecule has 2 aliphatic rings. The highest BCUT2D eigenvalue weighted by atomic mass is 16.2. The Labute approximate surface area is 149 Å². The van der Waals surface area contributed by atoms with E-state index in [1.807, 2.05) is 49.1 Å². The van der Waals surface area contributed by atoms with Gasteiger partial charge in [-0.3, -0.25) is 14.5 Å². The van der Waals surface area contributed by atoms with Crippen molar-refractivity contribution in [1.82, 2.24) is 15.1 Å². The number of benzene rings is 1. The minimum absolute atomic E-state index is 0.0373. The van der Waals surface area contributed by atoms with Crippen LogP contribution in [0.25, 0.3) is 6.08 Å². The summed E-state index contributed by atoms with van der Waals surface area (Å²) in [5.41, 5.74) is 2.24. The smallest absolute Gasteiger partial charge is 0.246 e. The summed E-state index contributed by atoms with van der Waals surface area (Å²) in [5.74, 6) is 0.150. The van der Waals surface area contributed by atoms with E-state index in [1.54, 1.807) is 6.08 Å². The van der Waals surface area contributed by atoms with Gasteiger partial charge in [0, 0.05) is 38.3 Å². The molecular formula is C20H27N3O2. The molecule has 0 radical (unpaired) electrons. The minimum Gasteiger partial charge on any atom is -0.352 e. The Morgan fingerprint density at radius 3 is 2.36 bits per heavy atom. The fraction of sp³-hybridized carbons (Fsp3) is 0.500. The van der Waals surface area contributed by atoms with Crippen LogP contribution in [0.1, 0.15) is 30.9 Å². The van der Waals surface area contributed by atoms with Crippen LogP contribution in [0.2, 0.25) is 0 Å². The zero-order valence-electron chi connectivity index (χ0n) is 15.1. The van der Waals surface area contributed by atoms with E-state index in [0.29, 0.717) is 19.1 Å². The monoisotopic (exact) mass is 341 g/mol. The molecule has 1 aliphatic heterocycles. The minimum atomic E-state index is -0.124. The zero-order chi connectivity index (χ0) is 17.8. The van der Waals surface area contributed by atoms with Gasteiger partial charge in [0.25, 0.3) is 0 Å². The molecule has 1 unspecified atom stereocenters. The Morgan fingerprint density at radius 2 is 1.76 bits per heavy atom. The standard InChI is InChI=1S/C20H27N3O2/c1-15-3-5-17(6-4-15)7-10-19(24)23-13-11-22(12-14-23)16(2)20(25)21-18-8-9-18/h3-7,10,16,18H,8-9,11-14H2,1-2H3,(H,21,25)/b10-7+. The Bertz CT molecular complexity index is 641. The number of carbonyl (C=O) groups excluding carboxylic acids is 2. The molecule has 1 aromatic carbocycles. The van der Waals surface area contributed by atoms with Crippen LogP contribution in [0, 0.1) is 6.92 Å². The van der Waals surface area contributed by atoms with Gasteiger partial charge in [0.05, 0.1) is 6.04 Å². The molecular weight excluding hydrogens is 314 g/mol. The lowest BCUT2D eigenvalue weighted by Gasteiger charge is -2.37. The van der Waals surface area contributed by atoms with Crippen LogP contribution in [-0.2, 0) is 9.59 Å². The van der Waals surface area contributed by atoms with Gasteiger partial charge in [-0.15, -0.1) is 0 Å². The van der Waals surface area contributed by atoms with Crippen molar-refractivity contribution < 1.29 is 9.59 Å². The Balaban J connectivity index is 1.46. The van der Waals surface area contributed by atoms with Gasteiger partial charge < -0.3 is 10.2 Å². The van der Waals surface area contributed by atoms with Crippen molar-refractivity contribution in [2.75, 3.05) is 26.2 Å². The van der Waals surface area contributed by atoms with Crippen LogP contribution < -0.4 is 5.32 Å². The van der Waals surface area contributed by atoms with Gasteiger partial charge in [0.1, 0.15) is 0 Å². The summed E-state index contributed by atoms with van der Waals surface area (Å²) >= 11 is 0. The molecule has 25 heavy (non-hydrogen) atoms. The van der Waals surface area contributed by atoms with E-state index in [0.717, 1.165) is 31.5 Å². The molecule has 0 spiro atoms. The zero-order valence-corrected chi connectivity index (χ0v) is 15.1. The van der Waals surface area contributed by atoms with Crippen LogP contribution in [0.5, 0.6) is 0 Å². The maximum atomic E-state index is 12.3. The molecule has 0 aromatic heterocycles. The molecule has 1 saturated heterocycles. The molecule has 5 heteroatoms. The van der Waals surface area contributed by atoms with Crippen LogP contribution >= 0.6 is 0 Å². The first-order valence-electron chi connectivity index (χ1n) is 9.11. The Morgan fingerprint density at radius 1 is 1.12 bits per heavy atom. The van der Waals surface area contributed by atoms with Gasteiger partial charge in [0.15, 0.2) is 0 Å². The molecule has 1 atom stereocenters. The molecule has 2 fully saturated rings. The van der Waals surface area contributed by atoms with Gasteiger partial charge >= 0.3 is 0 Å². The second-order valence-corrected chi connectivity index (χ2v) is 7.06. The number of hydrogen-bond acceptors (Lipinski definition) is 3. The summed E-state index contributed by atoms with van der Waals surface area (Å²) in [4.78, 5) is 28.5. The summed E-state index contributed by atoms with van der Waals surface area (Å²) in [6.07, 6.45) is 5.71. The highest BCUT2D eigenvalue weighted by molar-refractivity contribution is 5.91. The fourth-order valence-electron chi connectivity index (χ4n) is 3.00. The highest BCUT2D eigenvalue weighted by Gasteiger charge is 2.30. The average Bonchev–Trinajstić information content (AvgIpc) is 3.44. The van der Waals surface area contributed by atoms with Crippen molar-refractivity contribution in [3.05, 3.63) is 41.5 Å². The summed E-state index contributed by atoms with van der Waals surface area (Å²) < 4.78 is 0. The van der Waals surface area contributed by atoms with E-state index in [2.05, 4.69) is 10.2 Å². The number of nitrogens with zero attached hydrogens (tertiary/aromatic N) is 2. The molecule has 2 amide bonds. The SMILES string of the molecule is Cc1ccc(/C=C/C(=O)N2CCN(C(C)C(=O)NC3CC3)CC2)cc1. The topological polar surface area (TPSA) is 52.7 Å². The summed E-state index contributed by atoms with van der Waals surface area (Å²) in [6, 6.07) is 8.37. The predicted octanol–water partition coefficient (Wildman–Crippen LogP) is 1.82. The third kappa shape index (κ3) is 4.92. The highest BCUT2D eigenvalue weighted by Crippen LogP contribution is 2.19. The normalized spacial score (nSPS) is 19.8. The van der Waals surface area contributed by atoms with E-state index < -0.39 is 0 Å². The van der Waals surface area contributed by atoms with Gasteiger partial charge in [-0.25, -0.2) is 0 Å². The Kier molecular flexibility index (Phi) is 5.53. The first kappa shape index (κ1) is 17.7. The van der Waals surface area contributed by atoms with Crippen LogP contribution in [0.4, 0.5) is 0 Å². The lowest BCUT2D eigenvalue weighted by Crippen LogP contribution is -2.55. The number of carbonyl (C=O) groups is 2. The van der Waals surface area contributed by atoms with E-state index in [4.69, 9.17) is 0 Å². The molecule has 1 aromatic rings. The summed E-state index contributed by atoms with van der Waals surface area (Å²) in [5, 5.41) is 3.05. The number of hydrogen-bond donors (Lipinski definition) is 1. The second kappa shape index (κ2) is 7.83. The van der Waals surface area contributed by atoms with Crippen LogP contribution in [-0.4, -0.2) is 59.9 Å². The Hall–Kier alpha value is -2.14. The lowest BCUT2D eigenvalue weighted by molar-refractivity contribution is -0.130. The van der Waals surface area contributed by atoms with Crippen LogP contribution in [0.15, 0.2) is 30.3 Å². The van der Waals surface area contributed by atoms with Crippen molar-refractivity contribution >= 4 is 17.9 Å². The van der Waals surface area contributed by atoms with Crippen LogP contribution in [0.3, 0.4) is 0 Å². The number of rotatable bonds is 5. The molecule has 5 nitrogen and oxygen atoms in total. The van der Waals surface area contributed by atoms with Crippen molar-refractivity contribution in [3.63, 3.8) is 0 Å². The molecule has 1 heterocycles. The van der Waals surface area contributed by atoms with Crippen molar-refractivity contribution in [3.8, 4) is 0 Å². The fourth-order valence-corrected chi connectivity index (χ4v) is 3.00. The van der Waals surface area contributed by atoms with E-state index >= 15 is 0 Å². The number of amides is 2. The van der Waals surface area contributed by atoms with Crippen molar-refractivity contribution in [2.45, 2.75) is 38.8 Å². The largest absolute Gasteiger partial charge is 0.352 e. The molecule has 1 aliphatic carbocycles. The first-order chi connectivity index (χ1) is 12.0. The van der Waals surface area contributed by atoms with Gasteiger partial charge in [-0.1, -0.05) is 29.8 Å². The van der Waals surface area contributed by atoms with Gasteiger partial charge in [0.2, 0.25) is 11.8 Å². The van der Waals surface area contributed by atoms with Gasteiger partial charge in [-0.2, -0.15) is 0 Å². The molecule has 134 valence electrons. The first-order valence-corrected chi connectivity index (χ1v) is 9.11. The molecule has 1 saturated carbocycles. The number of aryl methyl sites for hydroxylation is 1. The summed E-state index contributed by atoms with van der Waals surface area (Å²) in [6.45, 7) is 6.81. The molecule has 1 N–H and O–H groups in total. The number of piperazine rings is 1. The maximum Gasteiger partial charge on any atom is 0.246 e. The predicted molar refractivity (Wildman–Crippen MR) is 99.0 cm³/mol. The maximum absolute atomic E-state index is 12.3. The second-order valence-electron chi connectivity index (χ2n) is 7.06. The third-order valence-electron chi connectivity index (χ3n) is 4.97. The quantitative estimate of drug-likeness (QED) is 0.831. The summed E-state index contributed by atoms with van der Waals surface area (Å²) in [7, 11) is 0. The third-order valence-corrected chi connectivity index (χ3v) is 4.97. The van der Waals surface area contributed by atoms with E-state index in [9.17, 15) is 9.59 Å². The average molecular weight is 341 g/mol. The van der Waals surface area contributed by atoms with Gasteiger partial charge in [-0.05, 0) is 38.3 Å². The van der Waals surface area contributed by atoms with E-state index in [1.165, 1.54) is 5.56 Å². The molecule has 3 rings (SSSR count). The number of nitrogens with one attached hydrogen (secondary N) is 1. The van der Waals surface area contributed by atoms with Crippen molar-refractivity contribution in [1.29, 1.82) is 0 Å². The molecule has 0 bridgehead atoms.